The summed E-state index contributed by atoms with van der Waals surface area (Å²) in [5, 5.41) is 0. The van der Waals surface area contributed by atoms with Gasteiger partial charge in [0.15, 0.2) is 12.4 Å². The molecular weight excluding hydrogens is 140 g/mol. The summed E-state index contributed by atoms with van der Waals surface area (Å²) < 4.78 is 0. The molecule has 3 N–H and O–H groups in total. The number of rotatable bonds is 3. The van der Waals surface area contributed by atoms with Crippen molar-refractivity contribution in [1.82, 2.24) is 0 Å². The number of H-pyrrole nitrogens is 1. The fourth-order valence-electron chi connectivity index (χ4n) is 0.854. The van der Waals surface area contributed by atoms with Gasteiger partial charge in [-0.2, -0.15) is 0 Å². The summed E-state index contributed by atoms with van der Waals surface area (Å²) in [5.41, 5.74) is 6.09. The molecule has 3 heteroatoms. The summed E-state index contributed by atoms with van der Waals surface area (Å²) in [6.07, 6.45) is 4.82. The minimum atomic E-state index is -0.256. The molecule has 11 heavy (non-hydrogen) atoms. The Bertz CT molecular complexity index is 233. The predicted octanol–water partition coefficient (Wildman–Crippen LogP) is -0.0814. The van der Waals surface area contributed by atoms with Crippen molar-refractivity contribution in [3.8, 4) is 0 Å². The Hall–Kier alpha value is -1.38. The third-order valence-electron chi connectivity index (χ3n) is 1.43. The van der Waals surface area contributed by atoms with Crippen LogP contribution in [0, 0.1) is 0 Å². The summed E-state index contributed by atoms with van der Waals surface area (Å²) in [7, 11) is 0. The van der Waals surface area contributed by atoms with E-state index in [1.165, 1.54) is 0 Å². The minimum absolute atomic E-state index is 0.256. The molecule has 58 valence electrons. The van der Waals surface area contributed by atoms with E-state index in [0.717, 1.165) is 5.56 Å². The van der Waals surface area contributed by atoms with Crippen molar-refractivity contribution < 1.29 is 9.78 Å². The van der Waals surface area contributed by atoms with Crippen LogP contribution in [0.2, 0.25) is 0 Å². The van der Waals surface area contributed by atoms with E-state index in [4.69, 9.17) is 5.73 Å². The monoisotopic (exact) mass is 151 g/mol. The number of carbonyl (C=O) groups excluding carboxylic acids is 1. The van der Waals surface area contributed by atoms with Gasteiger partial charge < -0.3 is 5.73 Å². The number of hydrogen-bond donors (Lipinski definition) is 1. The van der Waals surface area contributed by atoms with Crippen LogP contribution in [0.1, 0.15) is 12.0 Å². The van der Waals surface area contributed by atoms with Gasteiger partial charge in [-0.15, -0.1) is 0 Å². The van der Waals surface area contributed by atoms with Crippen LogP contribution in [0.15, 0.2) is 24.5 Å². The van der Waals surface area contributed by atoms with Gasteiger partial charge in [0.2, 0.25) is 5.91 Å². The zero-order valence-electron chi connectivity index (χ0n) is 6.21. The third-order valence-corrected chi connectivity index (χ3v) is 1.43. The molecule has 3 nitrogen and oxygen atoms in total. The third kappa shape index (κ3) is 2.80. The largest absolute Gasteiger partial charge is 0.370 e. The topological polar surface area (TPSA) is 57.2 Å². The molecule has 0 bridgehead atoms. The maximum atomic E-state index is 10.4. The van der Waals surface area contributed by atoms with Crippen molar-refractivity contribution in [2.24, 2.45) is 5.73 Å². The molecule has 0 fully saturated rings. The Morgan fingerprint density at radius 3 is 3.00 bits per heavy atom. The zero-order valence-corrected chi connectivity index (χ0v) is 6.21. The normalized spacial score (nSPS) is 9.45. The van der Waals surface area contributed by atoms with Crippen LogP contribution in [0.5, 0.6) is 0 Å². The van der Waals surface area contributed by atoms with E-state index in [0.29, 0.717) is 12.8 Å². The van der Waals surface area contributed by atoms with Crippen LogP contribution in [0.3, 0.4) is 0 Å². The van der Waals surface area contributed by atoms with Crippen LogP contribution < -0.4 is 10.7 Å². The zero-order chi connectivity index (χ0) is 8.10. The van der Waals surface area contributed by atoms with Crippen molar-refractivity contribution in [3.05, 3.63) is 30.1 Å². The van der Waals surface area contributed by atoms with Crippen LogP contribution in [-0.4, -0.2) is 5.91 Å². The number of nitrogens with one attached hydrogen (secondary N) is 1. The van der Waals surface area contributed by atoms with Crippen molar-refractivity contribution in [2.45, 2.75) is 12.8 Å². The van der Waals surface area contributed by atoms with Gasteiger partial charge in [-0.1, -0.05) is 0 Å². The number of aromatic amines is 1. The summed E-state index contributed by atoms with van der Waals surface area (Å²) in [5.74, 6) is -0.256. The molecule has 0 aliphatic rings. The lowest BCUT2D eigenvalue weighted by Crippen LogP contribution is -2.12. The highest BCUT2D eigenvalue weighted by Crippen LogP contribution is 1.96. The smallest absolute Gasteiger partial charge is 0.217 e. The molecule has 1 aromatic rings. The second kappa shape index (κ2) is 3.71. The molecule has 1 aromatic heterocycles. The summed E-state index contributed by atoms with van der Waals surface area (Å²) in [6, 6.07) is 3.86. The molecule has 0 aliphatic carbocycles. The van der Waals surface area contributed by atoms with Gasteiger partial charge in [0.05, 0.1) is 0 Å². The molecule has 1 heterocycles. The van der Waals surface area contributed by atoms with Crippen LogP contribution in [0.25, 0.3) is 0 Å². The molecule has 0 radical (unpaired) electrons. The van der Waals surface area contributed by atoms with Crippen molar-refractivity contribution >= 4 is 5.91 Å². The lowest BCUT2D eigenvalue weighted by atomic mass is 10.1. The van der Waals surface area contributed by atoms with E-state index < -0.39 is 0 Å². The number of aryl methyl sites for hydroxylation is 1. The number of aromatic nitrogens is 1. The molecule has 0 aliphatic heterocycles. The maximum Gasteiger partial charge on any atom is 0.217 e. The van der Waals surface area contributed by atoms with Gasteiger partial charge in [-0.3, -0.25) is 4.79 Å². The van der Waals surface area contributed by atoms with E-state index in [1.807, 2.05) is 24.5 Å². The van der Waals surface area contributed by atoms with E-state index in [1.54, 1.807) is 0 Å². The number of nitrogens with two attached hydrogens (primary N) is 1. The highest BCUT2D eigenvalue weighted by atomic mass is 16.1. The molecule has 0 unspecified atom stereocenters. The van der Waals surface area contributed by atoms with E-state index in [2.05, 4.69) is 4.98 Å². The number of pyridine rings is 1. The van der Waals surface area contributed by atoms with Crippen LogP contribution in [-0.2, 0) is 11.2 Å². The molecule has 0 saturated carbocycles. The summed E-state index contributed by atoms with van der Waals surface area (Å²) in [4.78, 5) is 13.3. The van der Waals surface area contributed by atoms with Crippen molar-refractivity contribution in [3.63, 3.8) is 0 Å². The Kier molecular flexibility index (Phi) is 2.60. The molecule has 1 amide bonds. The van der Waals surface area contributed by atoms with Gasteiger partial charge in [0.25, 0.3) is 0 Å². The van der Waals surface area contributed by atoms with Crippen LogP contribution >= 0.6 is 0 Å². The number of hydrogen-bond acceptors (Lipinski definition) is 1. The lowest BCUT2D eigenvalue weighted by molar-refractivity contribution is -0.378. The van der Waals surface area contributed by atoms with Gasteiger partial charge in [-0.05, 0) is 12.5 Å². The first-order valence-electron chi connectivity index (χ1n) is 3.52. The maximum absolute atomic E-state index is 10.4. The van der Waals surface area contributed by atoms with Gasteiger partial charge in [-0.25, -0.2) is 4.98 Å². The highest BCUT2D eigenvalue weighted by Gasteiger charge is 1.97. The minimum Gasteiger partial charge on any atom is -0.370 e. The Labute approximate surface area is 65.2 Å². The predicted molar refractivity (Wildman–Crippen MR) is 40.5 cm³/mol. The summed E-state index contributed by atoms with van der Waals surface area (Å²) in [6.45, 7) is 0. The Morgan fingerprint density at radius 1 is 1.64 bits per heavy atom. The number of primary amides is 1. The fourth-order valence-corrected chi connectivity index (χ4v) is 0.854. The average Bonchev–Trinajstić information content (AvgIpc) is 2.03. The van der Waals surface area contributed by atoms with E-state index in [-0.39, 0.29) is 5.91 Å². The van der Waals surface area contributed by atoms with Gasteiger partial charge in [0.1, 0.15) is 0 Å². The average molecular weight is 151 g/mol. The Morgan fingerprint density at radius 2 is 2.45 bits per heavy atom. The molecule has 0 saturated heterocycles. The first kappa shape index (κ1) is 7.72. The Balaban J connectivity index is 2.45. The van der Waals surface area contributed by atoms with Gasteiger partial charge in [0, 0.05) is 18.1 Å². The quantitative estimate of drug-likeness (QED) is 0.645. The van der Waals surface area contributed by atoms with Crippen molar-refractivity contribution in [1.29, 1.82) is 0 Å². The van der Waals surface area contributed by atoms with Gasteiger partial charge >= 0.3 is 0 Å². The first-order chi connectivity index (χ1) is 5.29. The highest BCUT2D eigenvalue weighted by molar-refractivity contribution is 5.73. The lowest BCUT2D eigenvalue weighted by Gasteiger charge is -1.92. The second-order valence-electron chi connectivity index (χ2n) is 2.38. The molecule has 0 aromatic carbocycles. The molecule has 1 rings (SSSR count). The van der Waals surface area contributed by atoms with E-state index in [9.17, 15) is 4.79 Å². The van der Waals surface area contributed by atoms with Crippen molar-refractivity contribution in [2.75, 3.05) is 0 Å². The number of amides is 1. The molecular formula is C8H11N2O+. The van der Waals surface area contributed by atoms with Crippen LogP contribution in [0.4, 0.5) is 0 Å². The fraction of sp³-hybridized carbons (Fsp3) is 0.250. The number of carbonyl (C=O) groups is 1. The summed E-state index contributed by atoms with van der Waals surface area (Å²) >= 11 is 0. The van der Waals surface area contributed by atoms with E-state index >= 15 is 0 Å². The molecule has 0 atom stereocenters. The SMILES string of the molecule is NC(=O)CCc1ccc[nH+]c1. The first-order valence-corrected chi connectivity index (χ1v) is 3.52. The standard InChI is InChI=1S/C8H10N2O/c9-8(11)4-3-7-2-1-5-10-6-7/h1-2,5-6H,3-4H2,(H2,9,11)/p+1. The second-order valence-corrected chi connectivity index (χ2v) is 2.38. The molecule has 0 spiro atoms.